The second-order valence-corrected chi connectivity index (χ2v) is 6.29. The molecule has 0 aromatic heterocycles. The van der Waals surface area contributed by atoms with Crippen LogP contribution in [0.3, 0.4) is 0 Å². The van der Waals surface area contributed by atoms with Crippen molar-refractivity contribution in [2.75, 3.05) is 13.2 Å². The van der Waals surface area contributed by atoms with E-state index in [4.69, 9.17) is 9.47 Å². The largest absolute Gasteiger partial charge is 0.390 e. The van der Waals surface area contributed by atoms with Crippen molar-refractivity contribution in [3.8, 4) is 0 Å². The third-order valence-corrected chi connectivity index (χ3v) is 4.46. The van der Waals surface area contributed by atoms with Gasteiger partial charge in [0.15, 0.2) is 0 Å². The van der Waals surface area contributed by atoms with Crippen molar-refractivity contribution in [3.05, 3.63) is 71.8 Å². The van der Waals surface area contributed by atoms with Crippen molar-refractivity contribution < 1.29 is 19.7 Å². The van der Waals surface area contributed by atoms with Crippen LogP contribution in [0.15, 0.2) is 60.7 Å². The first-order valence-electron chi connectivity index (χ1n) is 8.37. The Balaban J connectivity index is 1.54. The quantitative estimate of drug-likeness (QED) is 0.818. The highest BCUT2D eigenvalue weighted by molar-refractivity contribution is 5.16. The van der Waals surface area contributed by atoms with Crippen LogP contribution < -0.4 is 0 Å². The zero-order valence-electron chi connectivity index (χ0n) is 13.6. The Hall–Kier alpha value is -1.72. The van der Waals surface area contributed by atoms with Gasteiger partial charge in [-0.15, -0.1) is 0 Å². The average Bonchev–Trinajstić information content (AvgIpc) is 2.98. The van der Waals surface area contributed by atoms with Gasteiger partial charge in [0.2, 0.25) is 0 Å². The Morgan fingerprint density at radius 3 is 2.29 bits per heavy atom. The molecule has 2 aromatic rings. The first-order chi connectivity index (χ1) is 11.7. The van der Waals surface area contributed by atoms with E-state index < -0.39 is 18.3 Å². The van der Waals surface area contributed by atoms with E-state index in [1.54, 1.807) is 0 Å². The van der Waals surface area contributed by atoms with E-state index in [1.807, 2.05) is 60.7 Å². The number of rotatable bonds is 7. The van der Waals surface area contributed by atoms with Gasteiger partial charge in [-0.3, -0.25) is 0 Å². The molecule has 4 nitrogen and oxygen atoms in total. The van der Waals surface area contributed by atoms with E-state index in [9.17, 15) is 10.2 Å². The second-order valence-electron chi connectivity index (χ2n) is 6.29. The minimum absolute atomic E-state index is 0.215. The maximum atomic E-state index is 10.5. The van der Waals surface area contributed by atoms with Gasteiger partial charge in [-0.25, -0.2) is 0 Å². The fourth-order valence-corrected chi connectivity index (χ4v) is 3.14. The van der Waals surface area contributed by atoms with Gasteiger partial charge in [-0.05, 0) is 11.1 Å². The molecule has 4 heteroatoms. The Morgan fingerprint density at radius 1 is 1.00 bits per heavy atom. The zero-order chi connectivity index (χ0) is 16.8. The first-order valence-corrected chi connectivity index (χ1v) is 8.37. The molecule has 0 bridgehead atoms. The lowest BCUT2D eigenvalue weighted by Gasteiger charge is -2.25. The average molecular weight is 328 g/mol. The molecular formula is C20H24O4. The molecular weight excluding hydrogens is 304 g/mol. The normalized spacial score (nSPS) is 24.8. The van der Waals surface area contributed by atoms with Gasteiger partial charge in [0.25, 0.3) is 0 Å². The van der Waals surface area contributed by atoms with Crippen LogP contribution >= 0.6 is 0 Å². The van der Waals surface area contributed by atoms with E-state index in [0.29, 0.717) is 19.6 Å². The summed E-state index contributed by atoms with van der Waals surface area (Å²) in [5.74, 6) is -0.215. The minimum Gasteiger partial charge on any atom is -0.390 e. The number of aliphatic hydroxyl groups is 2. The van der Waals surface area contributed by atoms with E-state index in [1.165, 1.54) is 0 Å². The molecule has 1 heterocycles. The number of aliphatic hydroxyl groups excluding tert-OH is 2. The summed E-state index contributed by atoms with van der Waals surface area (Å²) in [4.78, 5) is 0. The lowest BCUT2D eigenvalue weighted by Crippen LogP contribution is -2.38. The Bertz CT molecular complexity index is 602. The number of ether oxygens (including phenoxy) is 2. The lowest BCUT2D eigenvalue weighted by molar-refractivity contribution is -0.0405. The van der Waals surface area contributed by atoms with Gasteiger partial charge >= 0.3 is 0 Å². The second kappa shape index (κ2) is 8.40. The summed E-state index contributed by atoms with van der Waals surface area (Å²) >= 11 is 0. The van der Waals surface area contributed by atoms with Crippen molar-refractivity contribution in [1.82, 2.24) is 0 Å². The maximum Gasteiger partial charge on any atom is 0.0914 e. The molecule has 1 fully saturated rings. The first kappa shape index (κ1) is 17.1. The van der Waals surface area contributed by atoms with Crippen molar-refractivity contribution in [2.45, 2.75) is 31.3 Å². The predicted molar refractivity (Wildman–Crippen MR) is 91.5 cm³/mol. The molecule has 0 amide bonds. The number of hydrogen-bond acceptors (Lipinski definition) is 4. The molecule has 2 aromatic carbocycles. The van der Waals surface area contributed by atoms with Gasteiger partial charge in [-0.2, -0.15) is 0 Å². The van der Waals surface area contributed by atoms with Crippen LogP contribution in [0.2, 0.25) is 0 Å². The van der Waals surface area contributed by atoms with Crippen LogP contribution in [-0.4, -0.2) is 41.7 Å². The summed E-state index contributed by atoms with van der Waals surface area (Å²) in [5.41, 5.74) is 2.14. The Morgan fingerprint density at radius 2 is 1.62 bits per heavy atom. The van der Waals surface area contributed by atoms with Crippen LogP contribution in [-0.2, 0) is 22.5 Å². The summed E-state index contributed by atoms with van der Waals surface area (Å²) in [6.07, 6.45) is -1.16. The standard InChI is InChI=1S/C20H24O4/c21-18(11-15-7-3-1-4-8-15)20-17(19(22)14-24-20)13-23-12-16-9-5-2-6-10-16/h1-10,17-22H,11-14H2/t17-,18?,19-,20-/m0/s1. The van der Waals surface area contributed by atoms with Gasteiger partial charge < -0.3 is 19.7 Å². The summed E-state index contributed by atoms with van der Waals surface area (Å²) < 4.78 is 11.4. The highest BCUT2D eigenvalue weighted by atomic mass is 16.5. The monoisotopic (exact) mass is 328 g/mol. The molecule has 1 saturated heterocycles. The van der Waals surface area contributed by atoms with Gasteiger partial charge in [0.1, 0.15) is 0 Å². The molecule has 0 radical (unpaired) electrons. The van der Waals surface area contributed by atoms with E-state index in [-0.39, 0.29) is 12.5 Å². The molecule has 4 atom stereocenters. The van der Waals surface area contributed by atoms with Crippen molar-refractivity contribution >= 4 is 0 Å². The van der Waals surface area contributed by atoms with Crippen LogP contribution in [0.25, 0.3) is 0 Å². The topological polar surface area (TPSA) is 58.9 Å². The highest BCUT2D eigenvalue weighted by Crippen LogP contribution is 2.26. The molecule has 0 aliphatic carbocycles. The molecule has 1 unspecified atom stereocenters. The van der Waals surface area contributed by atoms with Crippen molar-refractivity contribution in [3.63, 3.8) is 0 Å². The third kappa shape index (κ3) is 4.42. The maximum absolute atomic E-state index is 10.5. The fraction of sp³-hybridized carbons (Fsp3) is 0.400. The van der Waals surface area contributed by atoms with Gasteiger partial charge in [0, 0.05) is 12.3 Å². The molecule has 24 heavy (non-hydrogen) atoms. The van der Waals surface area contributed by atoms with E-state index >= 15 is 0 Å². The van der Waals surface area contributed by atoms with E-state index in [2.05, 4.69) is 0 Å². The number of benzene rings is 2. The zero-order valence-corrected chi connectivity index (χ0v) is 13.6. The van der Waals surface area contributed by atoms with Crippen LogP contribution in [0.5, 0.6) is 0 Å². The molecule has 128 valence electrons. The lowest BCUT2D eigenvalue weighted by atomic mass is 9.92. The SMILES string of the molecule is OC(Cc1ccccc1)[C@H]1OC[C@H](O)[C@@H]1COCc1ccccc1. The molecule has 2 N–H and O–H groups in total. The smallest absolute Gasteiger partial charge is 0.0914 e. The summed E-state index contributed by atoms with van der Waals surface area (Å²) in [6, 6.07) is 19.7. The van der Waals surface area contributed by atoms with Crippen LogP contribution in [0.4, 0.5) is 0 Å². The van der Waals surface area contributed by atoms with Gasteiger partial charge in [-0.1, -0.05) is 60.7 Å². The summed E-state index contributed by atoms with van der Waals surface area (Å²) in [7, 11) is 0. The van der Waals surface area contributed by atoms with Crippen LogP contribution in [0.1, 0.15) is 11.1 Å². The van der Waals surface area contributed by atoms with Gasteiger partial charge in [0.05, 0.1) is 38.1 Å². The predicted octanol–water partition coefficient (Wildman–Crippen LogP) is 2.18. The Labute approximate surface area is 142 Å². The van der Waals surface area contributed by atoms with Crippen molar-refractivity contribution in [2.24, 2.45) is 5.92 Å². The Kier molecular flexibility index (Phi) is 5.99. The van der Waals surface area contributed by atoms with E-state index in [0.717, 1.165) is 11.1 Å². The summed E-state index contributed by atoms with van der Waals surface area (Å²) in [5, 5.41) is 20.7. The summed E-state index contributed by atoms with van der Waals surface area (Å²) in [6.45, 7) is 1.11. The van der Waals surface area contributed by atoms with Crippen LogP contribution in [0, 0.1) is 5.92 Å². The fourth-order valence-electron chi connectivity index (χ4n) is 3.14. The number of hydrogen-bond donors (Lipinski definition) is 2. The molecule has 1 aliphatic rings. The molecule has 0 saturated carbocycles. The highest BCUT2D eigenvalue weighted by Gasteiger charge is 2.40. The van der Waals surface area contributed by atoms with Crippen molar-refractivity contribution in [1.29, 1.82) is 0 Å². The minimum atomic E-state index is -0.658. The molecule has 3 rings (SSSR count). The molecule has 0 spiro atoms. The third-order valence-electron chi connectivity index (χ3n) is 4.46. The molecule has 1 aliphatic heterocycles.